The van der Waals surface area contributed by atoms with Crippen molar-refractivity contribution >= 4 is 29.1 Å². The van der Waals surface area contributed by atoms with Gasteiger partial charge in [-0.1, -0.05) is 43.1 Å². The zero-order valence-electron chi connectivity index (χ0n) is 12.7. The molecule has 1 fully saturated rings. The molecule has 21 heavy (non-hydrogen) atoms. The van der Waals surface area contributed by atoms with E-state index >= 15 is 0 Å². The molecule has 1 saturated heterocycles. The fourth-order valence-corrected chi connectivity index (χ4v) is 3.42. The molecule has 0 bridgehead atoms. The summed E-state index contributed by atoms with van der Waals surface area (Å²) in [5, 5.41) is 4.57. The maximum absolute atomic E-state index is 12.6. The molecule has 1 aliphatic heterocycles. The summed E-state index contributed by atoms with van der Waals surface area (Å²) in [6.07, 6.45) is 1.90. The molecule has 1 aromatic carbocycles. The number of amides is 1. The Balaban J connectivity index is 2.17. The summed E-state index contributed by atoms with van der Waals surface area (Å²) >= 11 is 12.2. The highest BCUT2D eigenvalue weighted by atomic mass is 35.5. The van der Waals surface area contributed by atoms with Crippen LogP contribution in [0.25, 0.3) is 0 Å². The van der Waals surface area contributed by atoms with Crippen LogP contribution in [0.5, 0.6) is 0 Å². The first-order valence-corrected chi connectivity index (χ1v) is 8.17. The van der Waals surface area contributed by atoms with Gasteiger partial charge in [0.15, 0.2) is 0 Å². The summed E-state index contributed by atoms with van der Waals surface area (Å²) < 4.78 is 0. The Morgan fingerprint density at radius 3 is 2.62 bits per heavy atom. The molecule has 1 aromatic rings. The topological polar surface area (TPSA) is 32.3 Å². The van der Waals surface area contributed by atoms with Crippen molar-refractivity contribution in [3.63, 3.8) is 0 Å². The zero-order valence-corrected chi connectivity index (χ0v) is 14.2. The number of piperidine rings is 1. The molecule has 0 aliphatic carbocycles. The van der Waals surface area contributed by atoms with E-state index in [4.69, 9.17) is 23.2 Å². The van der Waals surface area contributed by atoms with Crippen LogP contribution in [0.4, 0.5) is 0 Å². The Morgan fingerprint density at radius 2 is 2.00 bits per heavy atom. The Labute approximate surface area is 136 Å². The third-order valence-corrected chi connectivity index (χ3v) is 4.45. The molecule has 2 unspecified atom stereocenters. The van der Waals surface area contributed by atoms with Crippen molar-refractivity contribution in [2.24, 2.45) is 0 Å². The van der Waals surface area contributed by atoms with E-state index < -0.39 is 0 Å². The minimum Gasteiger partial charge on any atom is -0.335 e. The lowest BCUT2D eigenvalue weighted by molar-refractivity contribution is -0.138. The molecule has 5 heteroatoms. The van der Waals surface area contributed by atoms with E-state index in [1.165, 1.54) is 0 Å². The molecule has 0 radical (unpaired) electrons. The summed E-state index contributed by atoms with van der Waals surface area (Å²) in [4.78, 5) is 14.6. The summed E-state index contributed by atoms with van der Waals surface area (Å²) in [6.45, 7) is 6.91. The molecule has 2 atom stereocenters. The number of hydrogen-bond donors (Lipinski definition) is 1. The van der Waals surface area contributed by atoms with Gasteiger partial charge in [-0.05, 0) is 37.5 Å². The minimum atomic E-state index is -0.0905. The number of nitrogens with one attached hydrogen (secondary N) is 1. The van der Waals surface area contributed by atoms with Gasteiger partial charge in [0.25, 0.3) is 0 Å². The predicted octanol–water partition coefficient (Wildman–Crippen LogP) is 4.04. The first-order chi connectivity index (χ1) is 9.90. The second kappa shape index (κ2) is 6.99. The maximum atomic E-state index is 12.6. The molecular weight excluding hydrogens is 307 g/mol. The molecule has 1 amide bonds. The van der Waals surface area contributed by atoms with Crippen molar-refractivity contribution in [1.29, 1.82) is 0 Å². The van der Waals surface area contributed by atoms with Crippen LogP contribution in [0.15, 0.2) is 18.2 Å². The van der Waals surface area contributed by atoms with Gasteiger partial charge in [-0.3, -0.25) is 4.79 Å². The highest BCUT2D eigenvalue weighted by Crippen LogP contribution is 2.31. The maximum Gasteiger partial charge on any atom is 0.240 e. The number of carbonyl (C=O) groups excluding carboxylic acids is 1. The molecule has 1 heterocycles. The minimum absolute atomic E-state index is 0.0426. The van der Waals surface area contributed by atoms with E-state index in [0.717, 1.165) is 24.9 Å². The van der Waals surface area contributed by atoms with Crippen molar-refractivity contribution in [2.75, 3.05) is 6.54 Å². The number of nitrogens with zero attached hydrogens (tertiary/aromatic N) is 1. The van der Waals surface area contributed by atoms with Crippen molar-refractivity contribution < 1.29 is 4.79 Å². The quantitative estimate of drug-likeness (QED) is 0.904. The highest BCUT2D eigenvalue weighted by molar-refractivity contribution is 6.35. The molecule has 1 N–H and O–H groups in total. The average molecular weight is 329 g/mol. The largest absolute Gasteiger partial charge is 0.335 e. The van der Waals surface area contributed by atoms with Crippen LogP contribution in [0, 0.1) is 0 Å². The van der Waals surface area contributed by atoms with Crippen LogP contribution in [0.3, 0.4) is 0 Å². The summed E-state index contributed by atoms with van der Waals surface area (Å²) in [6, 6.07) is 5.62. The smallest absolute Gasteiger partial charge is 0.240 e. The lowest BCUT2D eigenvalue weighted by Crippen LogP contribution is -2.52. The lowest BCUT2D eigenvalue weighted by Gasteiger charge is -2.38. The fourth-order valence-electron chi connectivity index (χ4n) is 2.85. The van der Waals surface area contributed by atoms with Gasteiger partial charge >= 0.3 is 0 Å². The van der Waals surface area contributed by atoms with E-state index in [1.54, 1.807) is 6.07 Å². The third kappa shape index (κ3) is 3.91. The van der Waals surface area contributed by atoms with Gasteiger partial charge < -0.3 is 10.2 Å². The van der Waals surface area contributed by atoms with Crippen molar-refractivity contribution in [1.82, 2.24) is 10.2 Å². The van der Waals surface area contributed by atoms with Gasteiger partial charge in [0.1, 0.15) is 0 Å². The second-order valence-corrected chi connectivity index (χ2v) is 6.73. The van der Waals surface area contributed by atoms with Gasteiger partial charge in [0.05, 0.1) is 12.1 Å². The van der Waals surface area contributed by atoms with Gasteiger partial charge in [0, 0.05) is 22.6 Å². The standard InChI is InChI=1S/C16H22Cl2N2O/c1-10(2)19-15-5-4-8-20(16(15)21)11(3)13-7-6-12(17)9-14(13)18/h6-7,9-11,15,19H,4-5,8H2,1-3H3. The van der Waals surface area contributed by atoms with E-state index in [2.05, 4.69) is 19.2 Å². The van der Waals surface area contributed by atoms with E-state index in [0.29, 0.717) is 16.1 Å². The predicted molar refractivity (Wildman–Crippen MR) is 87.9 cm³/mol. The SMILES string of the molecule is CC(C)NC1CCCN(C(C)c2ccc(Cl)cc2Cl)C1=O. The van der Waals surface area contributed by atoms with Crippen LogP contribution in [0.2, 0.25) is 10.0 Å². The zero-order chi connectivity index (χ0) is 15.6. The molecular formula is C16H22Cl2N2O. The van der Waals surface area contributed by atoms with Crippen LogP contribution >= 0.6 is 23.2 Å². The molecule has 2 rings (SSSR count). The van der Waals surface area contributed by atoms with Gasteiger partial charge in [-0.2, -0.15) is 0 Å². The van der Waals surface area contributed by atoms with Crippen LogP contribution < -0.4 is 5.32 Å². The van der Waals surface area contributed by atoms with Gasteiger partial charge in [-0.15, -0.1) is 0 Å². The first kappa shape index (κ1) is 16.6. The van der Waals surface area contributed by atoms with Gasteiger partial charge in [-0.25, -0.2) is 0 Å². The average Bonchev–Trinajstić information content (AvgIpc) is 2.40. The third-order valence-electron chi connectivity index (χ3n) is 3.89. The molecule has 0 saturated carbocycles. The Bertz CT molecular complexity index is 519. The second-order valence-electron chi connectivity index (χ2n) is 5.89. The first-order valence-electron chi connectivity index (χ1n) is 7.41. The van der Waals surface area contributed by atoms with Crippen molar-refractivity contribution in [3.8, 4) is 0 Å². The molecule has 1 aliphatic rings. The molecule has 0 spiro atoms. The normalized spacial score (nSPS) is 21.0. The Morgan fingerprint density at radius 1 is 1.29 bits per heavy atom. The van der Waals surface area contributed by atoms with Crippen LogP contribution in [-0.2, 0) is 4.79 Å². The van der Waals surface area contributed by atoms with Crippen LogP contribution in [0.1, 0.15) is 45.2 Å². The molecule has 116 valence electrons. The van der Waals surface area contributed by atoms with Crippen LogP contribution in [-0.4, -0.2) is 29.4 Å². The number of hydrogen-bond acceptors (Lipinski definition) is 2. The van der Waals surface area contributed by atoms with Crippen molar-refractivity contribution in [3.05, 3.63) is 33.8 Å². The van der Waals surface area contributed by atoms with E-state index in [1.807, 2.05) is 24.0 Å². The number of likely N-dealkylation sites (tertiary alicyclic amines) is 1. The monoisotopic (exact) mass is 328 g/mol. The number of benzene rings is 1. The Hall–Kier alpha value is -0.770. The van der Waals surface area contributed by atoms with E-state index in [-0.39, 0.29) is 18.0 Å². The number of carbonyl (C=O) groups is 1. The lowest BCUT2D eigenvalue weighted by atomic mass is 9.99. The molecule has 3 nitrogen and oxygen atoms in total. The number of rotatable bonds is 4. The number of halogens is 2. The summed E-state index contributed by atoms with van der Waals surface area (Å²) in [5.41, 5.74) is 0.944. The summed E-state index contributed by atoms with van der Waals surface area (Å²) in [7, 11) is 0. The highest BCUT2D eigenvalue weighted by Gasteiger charge is 2.32. The Kier molecular flexibility index (Phi) is 5.53. The molecule has 0 aromatic heterocycles. The van der Waals surface area contributed by atoms with E-state index in [9.17, 15) is 4.79 Å². The van der Waals surface area contributed by atoms with Gasteiger partial charge in [0.2, 0.25) is 5.91 Å². The summed E-state index contributed by atoms with van der Waals surface area (Å²) in [5.74, 6) is 0.161. The fraction of sp³-hybridized carbons (Fsp3) is 0.562. The van der Waals surface area contributed by atoms with Crippen molar-refractivity contribution in [2.45, 2.75) is 51.7 Å².